The molecule has 2 aromatic heterocycles. The Kier molecular flexibility index (Phi) is 4.17. The van der Waals surface area contributed by atoms with Crippen molar-refractivity contribution in [2.45, 2.75) is 31.9 Å². The standard InChI is InChI=1S/C13H17IN6O2/c1-7(21)13(22)19-4-2-8(3-5-19)20-12-9(10(14)18-20)11(15)16-6-17-12/h6-8,21H,2-5H2,1H3,(H2,15,16,17). The molecular weight excluding hydrogens is 399 g/mol. The van der Waals surface area contributed by atoms with Gasteiger partial charge in [0, 0.05) is 13.1 Å². The largest absolute Gasteiger partial charge is 0.384 e. The molecule has 1 saturated heterocycles. The van der Waals surface area contributed by atoms with Gasteiger partial charge in [0.15, 0.2) is 5.65 Å². The van der Waals surface area contributed by atoms with Crippen LogP contribution in [-0.4, -0.2) is 54.9 Å². The maximum Gasteiger partial charge on any atom is 0.251 e. The number of nitrogens with two attached hydrogens (primary N) is 1. The van der Waals surface area contributed by atoms with E-state index in [2.05, 4.69) is 37.7 Å². The molecule has 1 aliphatic heterocycles. The minimum Gasteiger partial charge on any atom is -0.384 e. The summed E-state index contributed by atoms with van der Waals surface area (Å²) in [7, 11) is 0. The molecule has 118 valence electrons. The van der Waals surface area contributed by atoms with Gasteiger partial charge >= 0.3 is 0 Å². The fourth-order valence-corrected chi connectivity index (χ4v) is 3.55. The van der Waals surface area contributed by atoms with Crippen molar-refractivity contribution in [2.75, 3.05) is 18.8 Å². The molecule has 3 rings (SSSR count). The molecule has 1 atom stereocenters. The Labute approximate surface area is 140 Å². The molecule has 0 aromatic carbocycles. The number of halogens is 1. The molecular formula is C13H17IN6O2. The summed E-state index contributed by atoms with van der Waals surface area (Å²) >= 11 is 2.13. The van der Waals surface area contributed by atoms with E-state index in [1.54, 1.807) is 4.90 Å². The molecule has 0 spiro atoms. The smallest absolute Gasteiger partial charge is 0.251 e. The Morgan fingerprint density at radius 2 is 2.14 bits per heavy atom. The number of hydrogen-bond acceptors (Lipinski definition) is 6. The van der Waals surface area contributed by atoms with Gasteiger partial charge in [0.25, 0.3) is 5.91 Å². The molecule has 0 saturated carbocycles. The van der Waals surface area contributed by atoms with Crippen LogP contribution in [0.4, 0.5) is 5.82 Å². The first kappa shape index (κ1) is 15.4. The highest BCUT2D eigenvalue weighted by Crippen LogP contribution is 2.29. The van der Waals surface area contributed by atoms with Crippen LogP contribution in [0.3, 0.4) is 0 Å². The van der Waals surface area contributed by atoms with Gasteiger partial charge in [0.1, 0.15) is 21.9 Å². The molecule has 1 amide bonds. The summed E-state index contributed by atoms with van der Waals surface area (Å²) < 4.78 is 2.67. The number of aliphatic hydroxyl groups excluding tert-OH is 1. The monoisotopic (exact) mass is 416 g/mol. The highest BCUT2D eigenvalue weighted by molar-refractivity contribution is 14.1. The normalized spacial score (nSPS) is 17.9. The minimum atomic E-state index is -0.949. The first-order valence-corrected chi connectivity index (χ1v) is 8.18. The van der Waals surface area contributed by atoms with Gasteiger partial charge in [-0.3, -0.25) is 4.79 Å². The zero-order valence-corrected chi connectivity index (χ0v) is 14.3. The number of nitrogen functional groups attached to an aromatic ring is 1. The second-order valence-corrected chi connectivity index (χ2v) is 6.45. The zero-order valence-electron chi connectivity index (χ0n) is 12.1. The second kappa shape index (κ2) is 5.95. The fraction of sp³-hybridized carbons (Fsp3) is 0.538. The molecule has 1 unspecified atom stereocenters. The van der Waals surface area contributed by atoms with Crippen LogP contribution in [0.2, 0.25) is 0 Å². The molecule has 9 heteroatoms. The lowest BCUT2D eigenvalue weighted by atomic mass is 10.0. The number of aromatic nitrogens is 4. The topological polar surface area (TPSA) is 110 Å². The summed E-state index contributed by atoms with van der Waals surface area (Å²) in [6.07, 6.45) is 2.04. The van der Waals surface area contributed by atoms with Gasteiger partial charge in [-0.2, -0.15) is 5.10 Å². The Bertz CT molecular complexity index is 708. The van der Waals surface area contributed by atoms with Crippen LogP contribution in [0.25, 0.3) is 11.0 Å². The Morgan fingerprint density at radius 3 is 2.77 bits per heavy atom. The highest BCUT2D eigenvalue weighted by Gasteiger charge is 2.28. The van der Waals surface area contributed by atoms with Crippen molar-refractivity contribution < 1.29 is 9.90 Å². The second-order valence-electron chi connectivity index (χ2n) is 5.43. The van der Waals surface area contributed by atoms with E-state index in [0.29, 0.717) is 18.9 Å². The van der Waals surface area contributed by atoms with Crippen molar-refractivity contribution in [1.82, 2.24) is 24.6 Å². The van der Waals surface area contributed by atoms with Gasteiger partial charge in [-0.05, 0) is 42.4 Å². The van der Waals surface area contributed by atoms with E-state index < -0.39 is 6.10 Å². The zero-order chi connectivity index (χ0) is 15.9. The molecule has 1 aliphatic rings. The van der Waals surface area contributed by atoms with Crippen LogP contribution in [0.1, 0.15) is 25.8 Å². The molecule has 22 heavy (non-hydrogen) atoms. The highest BCUT2D eigenvalue weighted by atomic mass is 127. The van der Waals surface area contributed by atoms with Gasteiger partial charge < -0.3 is 15.7 Å². The van der Waals surface area contributed by atoms with Gasteiger partial charge in [-0.15, -0.1) is 0 Å². The third-order valence-corrected chi connectivity index (χ3v) is 4.71. The number of nitrogens with zero attached hydrogens (tertiary/aromatic N) is 5. The van der Waals surface area contributed by atoms with Crippen molar-refractivity contribution >= 4 is 45.3 Å². The van der Waals surface area contributed by atoms with Crippen LogP contribution in [-0.2, 0) is 4.79 Å². The number of piperidine rings is 1. The van der Waals surface area contributed by atoms with Crippen molar-refractivity contribution in [3.05, 3.63) is 10.0 Å². The lowest BCUT2D eigenvalue weighted by molar-refractivity contribution is -0.140. The third kappa shape index (κ3) is 2.62. The Morgan fingerprint density at radius 1 is 1.45 bits per heavy atom. The number of carbonyl (C=O) groups is 1. The van der Waals surface area contributed by atoms with Crippen molar-refractivity contribution in [3.8, 4) is 0 Å². The molecule has 0 radical (unpaired) electrons. The van der Waals surface area contributed by atoms with E-state index >= 15 is 0 Å². The summed E-state index contributed by atoms with van der Waals surface area (Å²) in [6.45, 7) is 2.71. The molecule has 0 bridgehead atoms. The summed E-state index contributed by atoms with van der Waals surface area (Å²) in [5.41, 5.74) is 6.64. The van der Waals surface area contributed by atoms with E-state index in [1.165, 1.54) is 13.3 Å². The minimum absolute atomic E-state index is 0.165. The molecule has 0 aliphatic carbocycles. The van der Waals surface area contributed by atoms with E-state index in [4.69, 9.17) is 5.73 Å². The maximum atomic E-state index is 11.8. The lowest BCUT2D eigenvalue weighted by Gasteiger charge is -2.32. The number of carbonyl (C=O) groups excluding carboxylic acids is 1. The van der Waals surface area contributed by atoms with Gasteiger partial charge in [-0.1, -0.05) is 0 Å². The average Bonchev–Trinajstić information content (AvgIpc) is 2.85. The van der Waals surface area contributed by atoms with Crippen molar-refractivity contribution in [2.24, 2.45) is 0 Å². The fourth-order valence-electron chi connectivity index (χ4n) is 2.80. The van der Waals surface area contributed by atoms with E-state index in [0.717, 1.165) is 27.6 Å². The Hall–Kier alpha value is -1.49. The lowest BCUT2D eigenvalue weighted by Crippen LogP contribution is -2.43. The number of hydrogen-bond donors (Lipinski definition) is 2. The number of anilines is 1. The SMILES string of the molecule is CC(O)C(=O)N1CCC(n2nc(I)c3c(N)ncnc32)CC1. The number of aliphatic hydroxyl groups is 1. The molecule has 3 heterocycles. The first-order chi connectivity index (χ1) is 10.5. The first-order valence-electron chi connectivity index (χ1n) is 7.10. The number of rotatable bonds is 2. The van der Waals surface area contributed by atoms with Crippen LogP contribution in [0, 0.1) is 3.70 Å². The predicted molar refractivity (Wildman–Crippen MR) is 89.0 cm³/mol. The van der Waals surface area contributed by atoms with Gasteiger partial charge in [-0.25, -0.2) is 14.6 Å². The van der Waals surface area contributed by atoms with Gasteiger partial charge in [0.2, 0.25) is 0 Å². The van der Waals surface area contributed by atoms with Crippen LogP contribution >= 0.6 is 22.6 Å². The number of likely N-dealkylation sites (tertiary alicyclic amines) is 1. The van der Waals surface area contributed by atoms with Gasteiger partial charge in [0.05, 0.1) is 11.4 Å². The molecule has 2 aromatic rings. The number of fused-ring (bicyclic) bond motifs is 1. The number of amides is 1. The van der Waals surface area contributed by atoms with Crippen LogP contribution < -0.4 is 5.73 Å². The maximum absolute atomic E-state index is 11.8. The third-order valence-electron chi connectivity index (χ3n) is 3.95. The molecule has 1 fully saturated rings. The van der Waals surface area contributed by atoms with Crippen molar-refractivity contribution in [1.29, 1.82) is 0 Å². The average molecular weight is 416 g/mol. The van der Waals surface area contributed by atoms with E-state index in [9.17, 15) is 9.90 Å². The Balaban J connectivity index is 1.83. The molecule has 3 N–H and O–H groups in total. The quantitative estimate of drug-likeness (QED) is 0.693. The summed E-state index contributed by atoms with van der Waals surface area (Å²) in [6, 6.07) is 0.165. The van der Waals surface area contributed by atoms with Crippen LogP contribution in [0.5, 0.6) is 0 Å². The van der Waals surface area contributed by atoms with E-state index in [-0.39, 0.29) is 11.9 Å². The molecule has 8 nitrogen and oxygen atoms in total. The summed E-state index contributed by atoms with van der Waals surface area (Å²) in [5, 5.41) is 14.7. The van der Waals surface area contributed by atoms with Crippen LogP contribution in [0.15, 0.2) is 6.33 Å². The predicted octanol–water partition coefficient (Wildman–Crippen LogP) is 0.557. The van der Waals surface area contributed by atoms with Crippen molar-refractivity contribution in [3.63, 3.8) is 0 Å². The summed E-state index contributed by atoms with van der Waals surface area (Å²) in [5.74, 6) is 0.215. The summed E-state index contributed by atoms with van der Waals surface area (Å²) in [4.78, 5) is 21.8. The van der Waals surface area contributed by atoms with E-state index in [1.807, 2.05) is 4.68 Å².